The fourth-order valence-electron chi connectivity index (χ4n) is 2.40. The van der Waals surface area contributed by atoms with Crippen LogP contribution >= 0.6 is 11.3 Å². The Morgan fingerprint density at radius 1 is 1.40 bits per heavy atom. The smallest absolute Gasteiger partial charge is 0.0958 e. The molecule has 0 bridgehead atoms. The number of benzene rings is 1. The van der Waals surface area contributed by atoms with Crippen LogP contribution in [0.15, 0.2) is 30.5 Å². The van der Waals surface area contributed by atoms with Gasteiger partial charge in [-0.1, -0.05) is 12.1 Å². The van der Waals surface area contributed by atoms with Gasteiger partial charge in [-0.2, -0.15) is 5.10 Å². The standard InChI is InChI=1S/C14H17N5S/c1-9-10(8-19(2)18-9)12(17-15)7-14-16-11-5-3-4-6-13(11)20-14/h3-6,8,12,17H,7,15H2,1-2H3. The Morgan fingerprint density at radius 2 is 2.20 bits per heavy atom. The summed E-state index contributed by atoms with van der Waals surface area (Å²) >= 11 is 1.71. The van der Waals surface area contributed by atoms with Crippen LogP contribution in [0.5, 0.6) is 0 Å². The van der Waals surface area contributed by atoms with Crippen molar-refractivity contribution < 1.29 is 0 Å². The molecule has 3 aromatic rings. The second-order valence-electron chi connectivity index (χ2n) is 4.84. The quantitative estimate of drug-likeness (QED) is 0.569. The summed E-state index contributed by atoms with van der Waals surface area (Å²) in [6.07, 6.45) is 2.77. The summed E-state index contributed by atoms with van der Waals surface area (Å²) in [4.78, 5) is 4.66. The summed E-state index contributed by atoms with van der Waals surface area (Å²) in [6.45, 7) is 2.00. The van der Waals surface area contributed by atoms with E-state index < -0.39 is 0 Å². The van der Waals surface area contributed by atoms with Crippen LogP contribution in [0.3, 0.4) is 0 Å². The number of nitrogens with one attached hydrogen (secondary N) is 1. The van der Waals surface area contributed by atoms with Crippen molar-refractivity contribution >= 4 is 21.6 Å². The van der Waals surface area contributed by atoms with Gasteiger partial charge in [0, 0.05) is 25.2 Å². The zero-order chi connectivity index (χ0) is 14.1. The van der Waals surface area contributed by atoms with Gasteiger partial charge in [-0.15, -0.1) is 11.3 Å². The highest BCUT2D eigenvalue weighted by atomic mass is 32.1. The summed E-state index contributed by atoms with van der Waals surface area (Å²) in [5.74, 6) is 5.71. The van der Waals surface area contributed by atoms with Crippen molar-refractivity contribution in [2.24, 2.45) is 12.9 Å². The Bertz CT molecular complexity index is 697. The van der Waals surface area contributed by atoms with Crippen molar-refractivity contribution in [1.29, 1.82) is 0 Å². The summed E-state index contributed by atoms with van der Waals surface area (Å²) in [5, 5.41) is 5.45. The Balaban J connectivity index is 1.89. The lowest BCUT2D eigenvalue weighted by atomic mass is 10.1. The first-order valence-corrected chi connectivity index (χ1v) is 7.29. The molecule has 20 heavy (non-hydrogen) atoms. The minimum Gasteiger partial charge on any atom is -0.275 e. The molecule has 0 aliphatic carbocycles. The van der Waals surface area contributed by atoms with Crippen molar-refractivity contribution in [3.8, 4) is 0 Å². The Hall–Kier alpha value is -1.76. The van der Waals surface area contributed by atoms with E-state index in [0.717, 1.165) is 28.2 Å². The van der Waals surface area contributed by atoms with Crippen LogP contribution in [-0.2, 0) is 13.5 Å². The van der Waals surface area contributed by atoms with Crippen molar-refractivity contribution in [3.05, 3.63) is 46.7 Å². The van der Waals surface area contributed by atoms with E-state index in [0.29, 0.717) is 0 Å². The highest BCUT2D eigenvalue weighted by Crippen LogP contribution is 2.26. The molecule has 2 heterocycles. The Kier molecular flexibility index (Phi) is 3.52. The second kappa shape index (κ2) is 5.32. The summed E-state index contributed by atoms with van der Waals surface area (Å²) in [7, 11) is 1.92. The summed E-state index contributed by atoms with van der Waals surface area (Å²) in [5.41, 5.74) is 6.04. The summed E-state index contributed by atoms with van der Waals surface area (Å²) < 4.78 is 3.02. The molecule has 3 N–H and O–H groups in total. The lowest BCUT2D eigenvalue weighted by molar-refractivity contribution is 0.548. The van der Waals surface area contributed by atoms with Crippen LogP contribution in [-0.4, -0.2) is 14.8 Å². The molecule has 1 aromatic carbocycles. The number of para-hydroxylation sites is 1. The molecule has 1 unspecified atom stereocenters. The topological polar surface area (TPSA) is 68.8 Å². The molecule has 0 aliphatic rings. The van der Waals surface area contributed by atoms with Crippen LogP contribution in [0, 0.1) is 6.92 Å². The maximum absolute atomic E-state index is 5.71. The Labute approximate surface area is 121 Å². The molecule has 6 heteroatoms. The number of aromatic nitrogens is 3. The number of aryl methyl sites for hydroxylation is 2. The first-order chi connectivity index (χ1) is 9.67. The van der Waals surface area contributed by atoms with Crippen LogP contribution in [0.2, 0.25) is 0 Å². The van der Waals surface area contributed by atoms with E-state index in [9.17, 15) is 0 Å². The molecule has 0 radical (unpaired) electrons. The zero-order valence-corrected chi connectivity index (χ0v) is 12.3. The van der Waals surface area contributed by atoms with Crippen LogP contribution < -0.4 is 11.3 Å². The van der Waals surface area contributed by atoms with Crippen molar-refractivity contribution in [2.75, 3.05) is 0 Å². The molecule has 2 aromatic heterocycles. The average Bonchev–Trinajstić information content (AvgIpc) is 2.98. The minimum absolute atomic E-state index is 0.0317. The van der Waals surface area contributed by atoms with Gasteiger partial charge in [-0.25, -0.2) is 4.98 Å². The van der Waals surface area contributed by atoms with E-state index in [2.05, 4.69) is 21.6 Å². The average molecular weight is 287 g/mol. The lowest BCUT2D eigenvalue weighted by Gasteiger charge is -2.13. The molecule has 1 atom stereocenters. The van der Waals surface area contributed by atoms with E-state index in [4.69, 9.17) is 5.84 Å². The number of nitrogens with zero attached hydrogens (tertiary/aromatic N) is 3. The third-order valence-corrected chi connectivity index (χ3v) is 4.40. The van der Waals surface area contributed by atoms with Gasteiger partial charge in [0.05, 0.1) is 27.0 Å². The molecule has 0 amide bonds. The predicted octanol–water partition coefficient (Wildman–Crippen LogP) is 2.09. The zero-order valence-electron chi connectivity index (χ0n) is 11.5. The minimum atomic E-state index is 0.0317. The molecule has 0 saturated heterocycles. The number of hydrogen-bond donors (Lipinski definition) is 2. The van der Waals surface area contributed by atoms with E-state index in [1.807, 2.05) is 43.0 Å². The number of rotatable bonds is 4. The number of hydrazine groups is 1. The molecule has 0 spiro atoms. The first kappa shape index (κ1) is 13.2. The first-order valence-electron chi connectivity index (χ1n) is 6.48. The fourth-order valence-corrected chi connectivity index (χ4v) is 3.41. The molecule has 0 aliphatic heterocycles. The van der Waals surface area contributed by atoms with Gasteiger partial charge in [0.25, 0.3) is 0 Å². The van der Waals surface area contributed by atoms with Gasteiger partial charge < -0.3 is 0 Å². The van der Waals surface area contributed by atoms with Crippen LogP contribution in [0.4, 0.5) is 0 Å². The maximum atomic E-state index is 5.71. The molecular formula is C14H17N5S. The van der Waals surface area contributed by atoms with E-state index >= 15 is 0 Å². The molecule has 0 saturated carbocycles. The molecule has 104 valence electrons. The number of nitrogens with two attached hydrogens (primary N) is 1. The van der Waals surface area contributed by atoms with Crippen molar-refractivity contribution in [3.63, 3.8) is 0 Å². The van der Waals surface area contributed by atoms with Gasteiger partial charge in [0.1, 0.15) is 0 Å². The van der Waals surface area contributed by atoms with E-state index in [1.54, 1.807) is 11.3 Å². The fraction of sp³-hybridized carbons (Fsp3) is 0.286. The number of fused-ring (bicyclic) bond motifs is 1. The Morgan fingerprint density at radius 3 is 2.85 bits per heavy atom. The normalized spacial score (nSPS) is 12.9. The third-order valence-electron chi connectivity index (χ3n) is 3.34. The van der Waals surface area contributed by atoms with Crippen molar-refractivity contribution in [2.45, 2.75) is 19.4 Å². The molecule has 3 rings (SSSR count). The highest BCUT2D eigenvalue weighted by Gasteiger charge is 2.17. The molecule has 5 nitrogen and oxygen atoms in total. The van der Waals surface area contributed by atoms with Gasteiger partial charge >= 0.3 is 0 Å². The van der Waals surface area contributed by atoms with E-state index in [1.165, 1.54) is 4.70 Å². The SMILES string of the molecule is Cc1nn(C)cc1C(Cc1nc2ccccc2s1)NN. The second-order valence-corrected chi connectivity index (χ2v) is 5.96. The largest absolute Gasteiger partial charge is 0.275 e. The van der Waals surface area contributed by atoms with E-state index in [-0.39, 0.29) is 6.04 Å². The summed E-state index contributed by atoms with van der Waals surface area (Å²) in [6, 6.07) is 8.21. The predicted molar refractivity (Wildman–Crippen MR) is 81.3 cm³/mol. The molecular weight excluding hydrogens is 270 g/mol. The van der Waals surface area contributed by atoms with Gasteiger partial charge in [-0.05, 0) is 19.1 Å². The van der Waals surface area contributed by atoms with Crippen LogP contribution in [0.1, 0.15) is 22.3 Å². The van der Waals surface area contributed by atoms with Crippen LogP contribution in [0.25, 0.3) is 10.2 Å². The number of hydrogen-bond acceptors (Lipinski definition) is 5. The van der Waals surface area contributed by atoms with Gasteiger partial charge in [0.15, 0.2) is 0 Å². The number of thiazole rings is 1. The van der Waals surface area contributed by atoms with Crippen molar-refractivity contribution in [1.82, 2.24) is 20.2 Å². The highest BCUT2D eigenvalue weighted by molar-refractivity contribution is 7.18. The lowest BCUT2D eigenvalue weighted by Crippen LogP contribution is -2.29. The maximum Gasteiger partial charge on any atom is 0.0958 e. The third kappa shape index (κ3) is 2.45. The monoisotopic (exact) mass is 287 g/mol. The van der Waals surface area contributed by atoms with Gasteiger partial charge in [-0.3, -0.25) is 16.0 Å². The molecule has 0 fully saturated rings. The van der Waals surface area contributed by atoms with Gasteiger partial charge in [0.2, 0.25) is 0 Å².